The Labute approximate surface area is 122 Å². The van der Waals surface area contributed by atoms with E-state index in [9.17, 15) is 9.00 Å². The minimum absolute atomic E-state index is 0.0572. The molecule has 0 radical (unpaired) electrons. The van der Waals surface area contributed by atoms with E-state index in [4.69, 9.17) is 11.6 Å². The fourth-order valence-corrected chi connectivity index (χ4v) is 1.93. The number of hydrogen-bond donors (Lipinski definition) is 1. The summed E-state index contributed by atoms with van der Waals surface area (Å²) in [5.41, 5.74) is 0.518. The Morgan fingerprint density at radius 2 is 2.24 bits per heavy atom. The van der Waals surface area contributed by atoms with Crippen LogP contribution in [0.4, 0.5) is 0 Å². The van der Waals surface area contributed by atoms with Crippen molar-refractivity contribution in [3.8, 4) is 0 Å². The van der Waals surface area contributed by atoms with Crippen LogP contribution in [0.1, 0.15) is 17.3 Å². The van der Waals surface area contributed by atoms with Crippen molar-refractivity contribution in [1.29, 1.82) is 0 Å². The van der Waals surface area contributed by atoms with Crippen LogP contribution >= 0.6 is 34.2 Å². The molecule has 0 aromatic heterocycles. The first-order valence-corrected chi connectivity index (χ1v) is 8.05. The van der Waals surface area contributed by atoms with Gasteiger partial charge in [0, 0.05) is 38.0 Å². The van der Waals surface area contributed by atoms with E-state index in [0.29, 0.717) is 17.1 Å². The summed E-state index contributed by atoms with van der Waals surface area (Å²) in [7, 11) is -0.933. The third-order valence-corrected chi connectivity index (χ3v) is 5.17. The number of benzene rings is 1. The topological polar surface area (TPSA) is 46.2 Å². The smallest absolute Gasteiger partial charge is 0.251 e. The van der Waals surface area contributed by atoms with Gasteiger partial charge in [0.05, 0.1) is 5.02 Å². The first kappa shape index (κ1) is 14.9. The molecule has 1 amide bonds. The Hall–Kier alpha value is -0.140. The van der Waals surface area contributed by atoms with Gasteiger partial charge >= 0.3 is 0 Å². The lowest BCUT2D eigenvalue weighted by Crippen LogP contribution is -2.32. The summed E-state index contributed by atoms with van der Waals surface area (Å²) in [5, 5.41) is 3.24. The molecule has 0 heterocycles. The number of halogens is 2. The molecule has 1 aromatic rings. The number of rotatable bonds is 4. The summed E-state index contributed by atoms with van der Waals surface area (Å²) >= 11 is 8.04. The summed E-state index contributed by atoms with van der Waals surface area (Å²) in [6.07, 6.45) is 1.62. The summed E-state index contributed by atoms with van der Waals surface area (Å²) in [6.45, 7) is 2.23. The van der Waals surface area contributed by atoms with Gasteiger partial charge in [-0.2, -0.15) is 0 Å². The van der Waals surface area contributed by atoms with E-state index in [1.54, 1.807) is 24.5 Å². The molecule has 0 aliphatic heterocycles. The Morgan fingerprint density at radius 1 is 1.59 bits per heavy atom. The molecule has 17 heavy (non-hydrogen) atoms. The van der Waals surface area contributed by atoms with Crippen LogP contribution in [0.25, 0.3) is 0 Å². The SMILES string of the molecule is CC(CNC(=O)c1ccc(I)c(Cl)c1)S(C)=O. The number of amides is 1. The van der Waals surface area contributed by atoms with Gasteiger partial charge in [-0.25, -0.2) is 0 Å². The first-order valence-electron chi connectivity index (χ1n) is 4.97. The van der Waals surface area contributed by atoms with Gasteiger partial charge < -0.3 is 5.32 Å². The Morgan fingerprint density at radius 3 is 2.76 bits per heavy atom. The number of carbonyl (C=O) groups excluding carboxylic acids is 1. The van der Waals surface area contributed by atoms with Crippen molar-refractivity contribution >= 4 is 50.9 Å². The van der Waals surface area contributed by atoms with Crippen LogP contribution in [0, 0.1) is 3.57 Å². The highest BCUT2D eigenvalue weighted by Gasteiger charge is 2.11. The second kappa shape index (κ2) is 6.70. The molecule has 1 rings (SSSR count). The second-order valence-electron chi connectivity index (χ2n) is 3.65. The predicted molar refractivity (Wildman–Crippen MR) is 80.0 cm³/mol. The van der Waals surface area contributed by atoms with Crippen molar-refractivity contribution in [1.82, 2.24) is 5.32 Å². The van der Waals surface area contributed by atoms with Crippen molar-refractivity contribution in [2.75, 3.05) is 12.8 Å². The minimum atomic E-state index is -0.933. The quantitative estimate of drug-likeness (QED) is 0.809. The lowest BCUT2D eigenvalue weighted by molar-refractivity contribution is 0.0954. The molecule has 0 saturated carbocycles. The zero-order chi connectivity index (χ0) is 13.0. The maximum atomic E-state index is 11.8. The fraction of sp³-hybridized carbons (Fsp3) is 0.364. The van der Waals surface area contributed by atoms with Crippen LogP contribution in [0.15, 0.2) is 18.2 Å². The summed E-state index contributed by atoms with van der Waals surface area (Å²) < 4.78 is 12.0. The molecule has 0 spiro atoms. The van der Waals surface area contributed by atoms with Gasteiger partial charge in [0.25, 0.3) is 5.91 Å². The van der Waals surface area contributed by atoms with E-state index in [1.807, 2.05) is 6.92 Å². The van der Waals surface area contributed by atoms with E-state index in [1.165, 1.54) is 0 Å². The summed E-state index contributed by atoms with van der Waals surface area (Å²) in [4.78, 5) is 11.8. The maximum Gasteiger partial charge on any atom is 0.251 e. The van der Waals surface area contributed by atoms with Crippen molar-refractivity contribution < 1.29 is 9.00 Å². The number of hydrogen-bond acceptors (Lipinski definition) is 2. The van der Waals surface area contributed by atoms with E-state index in [-0.39, 0.29) is 11.2 Å². The molecular formula is C11H13ClINO2S. The first-order chi connectivity index (χ1) is 7.91. The molecule has 0 fully saturated rings. The van der Waals surface area contributed by atoms with E-state index in [2.05, 4.69) is 27.9 Å². The number of nitrogens with one attached hydrogen (secondary N) is 1. The fourth-order valence-electron chi connectivity index (χ4n) is 1.09. The largest absolute Gasteiger partial charge is 0.351 e. The molecule has 3 nitrogen and oxygen atoms in total. The van der Waals surface area contributed by atoms with Crippen LogP contribution in [0.3, 0.4) is 0 Å². The molecule has 1 N–H and O–H groups in total. The van der Waals surface area contributed by atoms with Gasteiger partial charge in [-0.1, -0.05) is 11.6 Å². The van der Waals surface area contributed by atoms with Crippen LogP contribution in [0.2, 0.25) is 5.02 Å². The normalized spacial score (nSPS) is 14.1. The van der Waals surface area contributed by atoms with Gasteiger partial charge in [-0.15, -0.1) is 0 Å². The van der Waals surface area contributed by atoms with Crippen molar-refractivity contribution in [3.05, 3.63) is 32.4 Å². The highest BCUT2D eigenvalue weighted by atomic mass is 127. The third kappa shape index (κ3) is 4.56. The zero-order valence-electron chi connectivity index (χ0n) is 9.50. The number of carbonyl (C=O) groups is 1. The molecule has 0 aliphatic rings. The molecule has 0 aliphatic carbocycles. The molecule has 6 heteroatoms. The molecule has 2 unspecified atom stereocenters. The molecule has 0 bridgehead atoms. The average molecular weight is 386 g/mol. The van der Waals surface area contributed by atoms with Crippen LogP contribution < -0.4 is 5.32 Å². The summed E-state index contributed by atoms with van der Waals surface area (Å²) in [6, 6.07) is 5.14. The molecule has 1 aromatic carbocycles. The molecule has 94 valence electrons. The van der Waals surface area contributed by atoms with E-state index >= 15 is 0 Å². The van der Waals surface area contributed by atoms with Crippen LogP contribution in [-0.4, -0.2) is 28.2 Å². The molecule has 0 saturated heterocycles. The van der Waals surface area contributed by atoms with Gasteiger partial charge in [-0.3, -0.25) is 9.00 Å². The zero-order valence-corrected chi connectivity index (χ0v) is 13.2. The highest BCUT2D eigenvalue weighted by molar-refractivity contribution is 14.1. The van der Waals surface area contributed by atoms with Gasteiger partial charge in [0.15, 0.2) is 0 Å². The van der Waals surface area contributed by atoms with Crippen molar-refractivity contribution in [3.63, 3.8) is 0 Å². The standard InChI is InChI=1S/C11H13ClINO2S/c1-7(17(2)16)6-14-11(15)8-3-4-10(13)9(12)5-8/h3-5,7H,6H2,1-2H3,(H,14,15). The third-order valence-electron chi connectivity index (χ3n) is 2.30. The van der Waals surface area contributed by atoms with E-state index in [0.717, 1.165) is 3.57 Å². The van der Waals surface area contributed by atoms with Crippen molar-refractivity contribution in [2.45, 2.75) is 12.2 Å². The maximum absolute atomic E-state index is 11.8. The van der Waals surface area contributed by atoms with Crippen LogP contribution in [0.5, 0.6) is 0 Å². The molecule has 2 atom stereocenters. The van der Waals surface area contributed by atoms with Gasteiger partial charge in [-0.05, 0) is 47.7 Å². The van der Waals surface area contributed by atoms with Gasteiger partial charge in [0.2, 0.25) is 0 Å². The minimum Gasteiger partial charge on any atom is -0.351 e. The predicted octanol–water partition coefficient (Wildman–Crippen LogP) is 2.44. The molecular weight excluding hydrogens is 373 g/mol. The highest BCUT2D eigenvalue weighted by Crippen LogP contribution is 2.19. The lowest BCUT2D eigenvalue weighted by atomic mass is 10.2. The lowest BCUT2D eigenvalue weighted by Gasteiger charge is -2.10. The summed E-state index contributed by atoms with van der Waals surface area (Å²) in [5.74, 6) is -0.194. The monoisotopic (exact) mass is 385 g/mol. The second-order valence-corrected chi connectivity index (χ2v) is 7.02. The Bertz CT molecular complexity index is 453. The Kier molecular flexibility index (Phi) is 5.88. The van der Waals surface area contributed by atoms with Crippen molar-refractivity contribution in [2.24, 2.45) is 0 Å². The average Bonchev–Trinajstić information content (AvgIpc) is 2.28. The van der Waals surface area contributed by atoms with E-state index < -0.39 is 10.8 Å². The van der Waals surface area contributed by atoms with Crippen LogP contribution in [-0.2, 0) is 10.8 Å². The Balaban J connectivity index is 2.64. The van der Waals surface area contributed by atoms with Gasteiger partial charge in [0.1, 0.15) is 0 Å².